The van der Waals surface area contributed by atoms with Gasteiger partial charge in [-0.3, -0.25) is 4.99 Å². The minimum absolute atomic E-state index is 0.238. The molecule has 0 aliphatic carbocycles. The lowest BCUT2D eigenvalue weighted by Gasteiger charge is -2.37. The van der Waals surface area contributed by atoms with Crippen molar-refractivity contribution in [2.24, 2.45) is 10.7 Å². The Kier molecular flexibility index (Phi) is 5.93. The first-order valence-electron chi connectivity index (χ1n) is 9.18. The molecule has 0 atom stereocenters. The van der Waals surface area contributed by atoms with Crippen molar-refractivity contribution < 1.29 is 17.9 Å². The Morgan fingerprint density at radius 3 is 2.46 bits per heavy atom. The van der Waals surface area contributed by atoms with Crippen LogP contribution in [0.5, 0.6) is 0 Å². The highest BCUT2D eigenvalue weighted by Crippen LogP contribution is 2.38. The van der Waals surface area contributed by atoms with Crippen LogP contribution in [-0.4, -0.2) is 25.7 Å². The summed E-state index contributed by atoms with van der Waals surface area (Å²) in [6, 6.07) is 13.2. The molecule has 2 aromatic rings. The van der Waals surface area contributed by atoms with Gasteiger partial charge in [-0.15, -0.1) is 0 Å². The molecule has 0 spiro atoms. The van der Waals surface area contributed by atoms with Crippen molar-refractivity contribution in [1.82, 2.24) is 0 Å². The van der Waals surface area contributed by atoms with E-state index in [2.05, 4.69) is 10.3 Å². The number of hydrogen-bond acceptors (Lipinski definition) is 2. The lowest BCUT2D eigenvalue weighted by Crippen LogP contribution is -2.38. The summed E-state index contributed by atoms with van der Waals surface area (Å²) >= 11 is 0. The van der Waals surface area contributed by atoms with Crippen molar-refractivity contribution in [3.8, 4) is 0 Å². The predicted octanol–water partition coefficient (Wildman–Crippen LogP) is 4.49. The van der Waals surface area contributed by atoms with Crippen LogP contribution >= 0.6 is 0 Å². The van der Waals surface area contributed by atoms with E-state index in [0.717, 1.165) is 17.3 Å². The average Bonchev–Trinajstić information content (AvgIpc) is 2.68. The van der Waals surface area contributed by atoms with E-state index >= 15 is 0 Å². The molecule has 1 saturated heterocycles. The van der Waals surface area contributed by atoms with Gasteiger partial charge in [0.1, 0.15) is 0 Å². The maximum atomic E-state index is 13.2. The van der Waals surface area contributed by atoms with Crippen molar-refractivity contribution in [3.05, 3.63) is 65.2 Å². The monoisotopic (exact) mass is 391 g/mol. The van der Waals surface area contributed by atoms with Gasteiger partial charge in [0, 0.05) is 24.3 Å². The summed E-state index contributed by atoms with van der Waals surface area (Å²) in [7, 11) is 0. The molecule has 0 amide bonds. The lowest BCUT2D eigenvalue weighted by molar-refractivity contribution is -0.137. The zero-order valence-electron chi connectivity index (χ0n) is 15.7. The van der Waals surface area contributed by atoms with E-state index in [4.69, 9.17) is 10.5 Å². The molecule has 0 radical (unpaired) electrons. The van der Waals surface area contributed by atoms with Crippen LogP contribution in [0, 0.1) is 6.92 Å². The number of guanidine groups is 1. The molecule has 4 nitrogen and oxygen atoms in total. The van der Waals surface area contributed by atoms with E-state index in [-0.39, 0.29) is 5.96 Å². The molecule has 0 aromatic heterocycles. The molecule has 3 rings (SSSR count). The third-order valence-electron chi connectivity index (χ3n) is 5.13. The maximum Gasteiger partial charge on any atom is 0.416 e. The van der Waals surface area contributed by atoms with Gasteiger partial charge in [-0.25, -0.2) is 0 Å². The summed E-state index contributed by atoms with van der Waals surface area (Å²) in [5, 5.41) is 3.03. The fourth-order valence-corrected chi connectivity index (χ4v) is 3.39. The smallest absolute Gasteiger partial charge is 0.381 e. The minimum atomic E-state index is -4.38. The average molecular weight is 391 g/mol. The number of halogens is 3. The number of benzene rings is 2. The first-order valence-corrected chi connectivity index (χ1v) is 9.18. The van der Waals surface area contributed by atoms with Crippen LogP contribution in [0.1, 0.15) is 29.5 Å². The van der Waals surface area contributed by atoms with E-state index < -0.39 is 17.2 Å². The fraction of sp³-hybridized carbons (Fsp3) is 0.381. The van der Waals surface area contributed by atoms with Crippen LogP contribution in [0.3, 0.4) is 0 Å². The first-order chi connectivity index (χ1) is 13.3. The topological polar surface area (TPSA) is 59.6 Å². The molecule has 28 heavy (non-hydrogen) atoms. The van der Waals surface area contributed by atoms with E-state index in [1.807, 2.05) is 31.2 Å². The van der Waals surface area contributed by atoms with Crippen molar-refractivity contribution in [2.75, 3.05) is 25.1 Å². The second kappa shape index (κ2) is 8.22. The normalized spacial score (nSPS) is 17.4. The van der Waals surface area contributed by atoms with Gasteiger partial charge in [0.25, 0.3) is 0 Å². The van der Waals surface area contributed by atoms with Gasteiger partial charge in [0.05, 0.1) is 12.1 Å². The first kappa shape index (κ1) is 20.2. The Bertz CT molecular complexity index is 826. The molecular formula is C21H24F3N3O. The number of alkyl halides is 3. The highest BCUT2D eigenvalue weighted by Gasteiger charge is 2.37. The lowest BCUT2D eigenvalue weighted by atomic mass is 9.74. The molecule has 1 aliphatic heterocycles. The molecular weight excluding hydrogens is 367 g/mol. The van der Waals surface area contributed by atoms with E-state index in [1.54, 1.807) is 6.07 Å². The molecule has 0 unspecified atom stereocenters. The van der Waals surface area contributed by atoms with Crippen LogP contribution in [0.4, 0.5) is 18.9 Å². The van der Waals surface area contributed by atoms with Crippen molar-refractivity contribution in [1.29, 1.82) is 0 Å². The third kappa shape index (κ3) is 4.84. The van der Waals surface area contributed by atoms with Crippen molar-refractivity contribution >= 4 is 11.6 Å². The van der Waals surface area contributed by atoms with Crippen molar-refractivity contribution in [3.63, 3.8) is 0 Å². The predicted molar refractivity (Wildman–Crippen MR) is 104 cm³/mol. The molecule has 0 bridgehead atoms. The van der Waals surface area contributed by atoms with Gasteiger partial charge >= 0.3 is 6.18 Å². The molecule has 1 fully saturated rings. The van der Waals surface area contributed by atoms with Gasteiger partial charge in [0.15, 0.2) is 5.96 Å². The summed E-state index contributed by atoms with van der Waals surface area (Å²) in [5.74, 6) is 0.238. The second-order valence-corrected chi connectivity index (χ2v) is 7.16. The molecule has 0 saturated carbocycles. The SMILES string of the molecule is Cc1ccc(NC(N)=NCC2(c3cccc(C(F)(F)F)c3)CCOCC2)cc1. The summed E-state index contributed by atoms with van der Waals surface area (Å²) in [5.41, 5.74) is 7.41. The molecule has 1 aliphatic rings. The molecule has 1 heterocycles. The molecule has 150 valence electrons. The quantitative estimate of drug-likeness (QED) is 0.596. The van der Waals surface area contributed by atoms with E-state index in [1.165, 1.54) is 12.1 Å². The number of nitrogens with one attached hydrogen (secondary N) is 1. The van der Waals surface area contributed by atoms with Gasteiger partial charge < -0.3 is 15.8 Å². The van der Waals surface area contributed by atoms with Crippen LogP contribution in [-0.2, 0) is 16.3 Å². The Hall–Kier alpha value is -2.54. The number of ether oxygens (including phenoxy) is 1. The Morgan fingerprint density at radius 1 is 1.14 bits per heavy atom. The molecule has 3 N–H and O–H groups in total. The highest BCUT2D eigenvalue weighted by molar-refractivity contribution is 5.92. The van der Waals surface area contributed by atoms with Gasteiger partial charge in [-0.2, -0.15) is 13.2 Å². The summed E-state index contributed by atoms with van der Waals surface area (Å²) < 4.78 is 44.9. The van der Waals surface area contributed by atoms with Crippen molar-refractivity contribution in [2.45, 2.75) is 31.4 Å². The fourth-order valence-electron chi connectivity index (χ4n) is 3.39. The number of anilines is 1. The Morgan fingerprint density at radius 2 is 1.82 bits per heavy atom. The van der Waals surface area contributed by atoms with Gasteiger partial charge in [-0.1, -0.05) is 35.9 Å². The second-order valence-electron chi connectivity index (χ2n) is 7.16. The van der Waals surface area contributed by atoms with Gasteiger partial charge in [-0.05, 0) is 43.5 Å². The van der Waals surface area contributed by atoms with Crippen LogP contribution in [0.15, 0.2) is 53.5 Å². The largest absolute Gasteiger partial charge is 0.416 e. The van der Waals surface area contributed by atoms with Gasteiger partial charge in [0.2, 0.25) is 0 Å². The zero-order chi connectivity index (χ0) is 20.2. The standard InChI is InChI=1S/C21H24F3N3O/c1-15-5-7-18(8-6-15)27-19(25)26-14-20(9-11-28-12-10-20)16-3-2-4-17(13-16)21(22,23)24/h2-8,13H,9-12,14H2,1H3,(H3,25,26,27). The maximum absolute atomic E-state index is 13.2. The van der Waals surface area contributed by atoms with E-state index in [9.17, 15) is 13.2 Å². The summed E-state index contributed by atoms with van der Waals surface area (Å²) in [6.07, 6.45) is -3.19. The minimum Gasteiger partial charge on any atom is -0.381 e. The Balaban J connectivity index is 1.83. The number of aryl methyl sites for hydroxylation is 1. The Labute approximate surface area is 162 Å². The third-order valence-corrected chi connectivity index (χ3v) is 5.13. The number of rotatable bonds is 4. The number of aliphatic imine (C=N–C) groups is 1. The number of hydrogen-bond donors (Lipinski definition) is 2. The number of nitrogens with zero attached hydrogens (tertiary/aromatic N) is 1. The van der Waals surface area contributed by atoms with Crippen LogP contribution in [0.25, 0.3) is 0 Å². The zero-order valence-corrected chi connectivity index (χ0v) is 15.7. The molecule has 2 aromatic carbocycles. The highest BCUT2D eigenvalue weighted by atomic mass is 19.4. The summed E-state index contributed by atoms with van der Waals surface area (Å²) in [6.45, 7) is 3.25. The van der Waals surface area contributed by atoms with Crippen LogP contribution in [0.2, 0.25) is 0 Å². The molecule has 7 heteroatoms. The number of nitrogens with two attached hydrogens (primary N) is 1. The van der Waals surface area contributed by atoms with Crippen LogP contribution < -0.4 is 11.1 Å². The van der Waals surface area contributed by atoms with E-state index in [0.29, 0.717) is 38.2 Å². The summed E-state index contributed by atoms with van der Waals surface area (Å²) in [4.78, 5) is 4.45.